The number of aromatic nitrogens is 2. The van der Waals surface area contributed by atoms with Crippen molar-refractivity contribution in [2.24, 2.45) is 5.92 Å². The number of nitrogens with one attached hydrogen (secondary N) is 1. The molecule has 1 aromatic heterocycles. The molecule has 0 radical (unpaired) electrons. The Morgan fingerprint density at radius 2 is 2.13 bits per heavy atom. The summed E-state index contributed by atoms with van der Waals surface area (Å²) in [5, 5.41) is 1.32. The van der Waals surface area contributed by atoms with Crippen LogP contribution in [0.4, 0.5) is 0 Å². The number of nitrogens with zero attached hydrogens (tertiary/aromatic N) is 2. The Morgan fingerprint density at radius 1 is 1.39 bits per heavy atom. The van der Waals surface area contributed by atoms with Gasteiger partial charge in [0.05, 0.1) is 11.0 Å². The average molecular weight is 331 g/mol. The second-order valence-electron chi connectivity index (χ2n) is 6.59. The number of amides is 1. The molecular weight excluding hydrogens is 306 g/mol. The van der Waals surface area contributed by atoms with Crippen LogP contribution in [0.2, 0.25) is 0 Å². The second kappa shape index (κ2) is 7.39. The van der Waals surface area contributed by atoms with Gasteiger partial charge in [0.1, 0.15) is 0 Å². The minimum absolute atomic E-state index is 0.314. The third kappa shape index (κ3) is 4.28. The molecular formula is C18H25N3OS. The molecule has 0 aliphatic carbocycles. The number of aromatic amines is 1. The lowest BCUT2D eigenvalue weighted by atomic mass is 9.99. The first kappa shape index (κ1) is 16.4. The summed E-state index contributed by atoms with van der Waals surface area (Å²) in [6.07, 6.45) is 3.83. The molecule has 1 aromatic carbocycles. The van der Waals surface area contributed by atoms with E-state index in [-0.39, 0.29) is 0 Å². The van der Waals surface area contributed by atoms with Crippen molar-refractivity contribution in [1.82, 2.24) is 14.9 Å². The van der Waals surface area contributed by atoms with E-state index in [0.717, 1.165) is 54.5 Å². The summed E-state index contributed by atoms with van der Waals surface area (Å²) in [5.74, 6) is 1.08. The first-order valence-corrected chi connectivity index (χ1v) is 9.39. The highest BCUT2D eigenvalue weighted by Crippen LogP contribution is 2.26. The van der Waals surface area contributed by atoms with Gasteiger partial charge in [-0.05, 0) is 37.3 Å². The maximum absolute atomic E-state index is 12.3. The topological polar surface area (TPSA) is 49.0 Å². The van der Waals surface area contributed by atoms with E-state index < -0.39 is 0 Å². The van der Waals surface area contributed by atoms with Crippen molar-refractivity contribution in [3.8, 4) is 0 Å². The van der Waals surface area contributed by atoms with Crippen molar-refractivity contribution < 1.29 is 4.79 Å². The third-order valence-electron chi connectivity index (χ3n) is 4.58. The summed E-state index contributed by atoms with van der Waals surface area (Å²) < 4.78 is 0. The predicted molar refractivity (Wildman–Crippen MR) is 95.6 cm³/mol. The van der Waals surface area contributed by atoms with E-state index in [1.807, 2.05) is 29.2 Å². The SMILES string of the molecule is CC1CCN(C(=O)CCC(C)Sc2nc3ccccc3[nH]2)CC1. The maximum atomic E-state index is 12.3. The molecule has 0 saturated carbocycles. The lowest BCUT2D eigenvalue weighted by Gasteiger charge is -2.30. The molecule has 4 nitrogen and oxygen atoms in total. The highest BCUT2D eigenvalue weighted by Gasteiger charge is 2.20. The summed E-state index contributed by atoms with van der Waals surface area (Å²) >= 11 is 1.72. The number of carbonyl (C=O) groups excluding carboxylic acids is 1. The van der Waals surface area contributed by atoms with Crippen LogP contribution >= 0.6 is 11.8 Å². The van der Waals surface area contributed by atoms with Crippen molar-refractivity contribution >= 4 is 28.7 Å². The molecule has 1 aliphatic heterocycles. The van der Waals surface area contributed by atoms with Crippen LogP contribution in [0.15, 0.2) is 29.4 Å². The number of piperidine rings is 1. The van der Waals surface area contributed by atoms with Crippen molar-refractivity contribution in [1.29, 1.82) is 0 Å². The Balaban J connectivity index is 1.47. The number of hydrogen-bond acceptors (Lipinski definition) is 3. The van der Waals surface area contributed by atoms with Gasteiger partial charge in [-0.3, -0.25) is 4.79 Å². The quantitative estimate of drug-likeness (QED) is 0.840. The zero-order valence-corrected chi connectivity index (χ0v) is 14.7. The predicted octanol–water partition coefficient (Wildman–Crippen LogP) is 4.08. The van der Waals surface area contributed by atoms with Crippen LogP contribution < -0.4 is 0 Å². The minimum Gasteiger partial charge on any atom is -0.343 e. The van der Waals surface area contributed by atoms with Crippen LogP contribution in [-0.4, -0.2) is 39.1 Å². The van der Waals surface area contributed by atoms with Gasteiger partial charge in [0, 0.05) is 24.8 Å². The van der Waals surface area contributed by atoms with Gasteiger partial charge in [-0.2, -0.15) is 0 Å². The number of carbonyl (C=O) groups is 1. The first-order chi connectivity index (χ1) is 11.1. The maximum Gasteiger partial charge on any atom is 0.222 e. The Hall–Kier alpha value is -1.49. The van der Waals surface area contributed by atoms with E-state index in [9.17, 15) is 4.79 Å². The van der Waals surface area contributed by atoms with E-state index >= 15 is 0 Å². The number of para-hydroxylation sites is 2. The Morgan fingerprint density at radius 3 is 2.87 bits per heavy atom. The zero-order valence-electron chi connectivity index (χ0n) is 13.9. The average Bonchev–Trinajstić information content (AvgIpc) is 2.95. The van der Waals surface area contributed by atoms with E-state index in [1.165, 1.54) is 0 Å². The highest BCUT2D eigenvalue weighted by atomic mass is 32.2. The molecule has 2 heterocycles. The Kier molecular flexibility index (Phi) is 5.26. The summed E-state index contributed by atoms with van der Waals surface area (Å²) in [7, 11) is 0. The fourth-order valence-electron chi connectivity index (χ4n) is 2.98. The van der Waals surface area contributed by atoms with Crippen LogP contribution in [-0.2, 0) is 4.79 Å². The van der Waals surface area contributed by atoms with Gasteiger partial charge in [-0.15, -0.1) is 0 Å². The summed E-state index contributed by atoms with van der Waals surface area (Å²) in [6.45, 7) is 6.31. The molecule has 0 spiro atoms. The molecule has 23 heavy (non-hydrogen) atoms. The lowest BCUT2D eigenvalue weighted by Crippen LogP contribution is -2.38. The monoisotopic (exact) mass is 331 g/mol. The van der Waals surface area contributed by atoms with Crippen LogP contribution in [0.1, 0.15) is 39.5 Å². The lowest BCUT2D eigenvalue weighted by molar-refractivity contribution is -0.132. The van der Waals surface area contributed by atoms with Gasteiger partial charge >= 0.3 is 0 Å². The summed E-state index contributed by atoms with van der Waals surface area (Å²) in [6, 6.07) is 8.06. The van der Waals surface area contributed by atoms with Crippen molar-refractivity contribution in [3.63, 3.8) is 0 Å². The Labute approximate surface area is 142 Å². The molecule has 5 heteroatoms. The first-order valence-electron chi connectivity index (χ1n) is 8.51. The fourth-order valence-corrected chi connectivity index (χ4v) is 3.91. The minimum atomic E-state index is 0.314. The number of imidazole rings is 1. The van der Waals surface area contributed by atoms with E-state index in [1.54, 1.807) is 11.8 Å². The second-order valence-corrected chi connectivity index (χ2v) is 8.02. The molecule has 1 saturated heterocycles. The Bertz CT molecular complexity index is 628. The largest absolute Gasteiger partial charge is 0.343 e. The fraction of sp³-hybridized carbons (Fsp3) is 0.556. The van der Waals surface area contributed by atoms with Gasteiger partial charge in [-0.25, -0.2) is 4.98 Å². The smallest absolute Gasteiger partial charge is 0.222 e. The molecule has 124 valence electrons. The van der Waals surface area contributed by atoms with Crippen LogP contribution in [0.5, 0.6) is 0 Å². The number of hydrogen-bond donors (Lipinski definition) is 1. The number of likely N-dealkylation sites (tertiary alicyclic amines) is 1. The van der Waals surface area contributed by atoms with E-state index in [2.05, 4.69) is 23.8 Å². The molecule has 1 fully saturated rings. The molecule has 1 atom stereocenters. The summed E-state index contributed by atoms with van der Waals surface area (Å²) in [4.78, 5) is 22.3. The molecule has 1 N–H and O–H groups in total. The normalized spacial score (nSPS) is 17.6. The van der Waals surface area contributed by atoms with Gasteiger partial charge in [0.25, 0.3) is 0 Å². The van der Waals surface area contributed by atoms with Crippen molar-refractivity contribution in [2.75, 3.05) is 13.1 Å². The number of fused-ring (bicyclic) bond motifs is 1. The van der Waals surface area contributed by atoms with Crippen LogP contribution in [0, 0.1) is 5.92 Å². The van der Waals surface area contributed by atoms with Gasteiger partial charge in [0.15, 0.2) is 5.16 Å². The number of thioether (sulfide) groups is 1. The van der Waals surface area contributed by atoms with Crippen LogP contribution in [0.3, 0.4) is 0 Å². The standard InChI is InChI=1S/C18H25N3OS/c1-13-9-11-21(12-10-13)17(22)8-7-14(2)23-18-19-15-5-3-4-6-16(15)20-18/h3-6,13-14H,7-12H2,1-2H3,(H,19,20). The van der Waals surface area contributed by atoms with E-state index in [0.29, 0.717) is 17.6 Å². The van der Waals surface area contributed by atoms with Gasteiger partial charge in [-0.1, -0.05) is 37.7 Å². The van der Waals surface area contributed by atoms with Crippen molar-refractivity contribution in [2.45, 2.75) is 49.9 Å². The third-order valence-corrected chi connectivity index (χ3v) is 5.64. The number of benzene rings is 1. The van der Waals surface area contributed by atoms with Gasteiger partial charge < -0.3 is 9.88 Å². The van der Waals surface area contributed by atoms with Gasteiger partial charge in [0.2, 0.25) is 5.91 Å². The number of rotatable bonds is 5. The molecule has 3 rings (SSSR count). The van der Waals surface area contributed by atoms with Crippen LogP contribution in [0.25, 0.3) is 11.0 Å². The molecule has 1 amide bonds. The summed E-state index contributed by atoms with van der Waals surface area (Å²) in [5.41, 5.74) is 2.07. The van der Waals surface area contributed by atoms with Crippen molar-refractivity contribution in [3.05, 3.63) is 24.3 Å². The zero-order chi connectivity index (χ0) is 16.2. The molecule has 0 bridgehead atoms. The molecule has 1 aliphatic rings. The molecule has 1 unspecified atom stereocenters. The number of H-pyrrole nitrogens is 1. The van der Waals surface area contributed by atoms with E-state index in [4.69, 9.17) is 0 Å². The molecule has 2 aromatic rings. The highest BCUT2D eigenvalue weighted by molar-refractivity contribution is 7.99.